The van der Waals surface area contributed by atoms with Gasteiger partial charge < -0.3 is 9.80 Å². The Labute approximate surface area is 187 Å². The van der Waals surface area contributed by atoms with Crippen LogP contribution in [0.25, 0.3) is 0 Å². The highest BCUT2D eigenvalue weighted by Gasteiger charge is 2.35. The molecule has 0 atom stereocenters. The first-order chi connectivity index (χ1) is 15.0. The molecular formula is C24H31F3N4O. The predicted molar refractivity (Wildman–Crippen MR) is 120 cm³/mol. The smallest absolute Gasteiger partial charge is 0.362 e. The quantitative estimate of drug-likeness (QED) is 0.606. The molecule has 0 saturated carbocycles. The van der Waals surface area contributed by atoms with E-state index in [9.17, 15) is 18.0 Å². The summed E-state index contributed by atoms with van der Waals surface area (Å²) in [5.74, 6) is 1.37. The largest absolute Gasteiger partial charge is 0.419 e. The summed E-state index contributed by atoms with van der Waals surface area (Å²) in [6.45, 7) is 6.10. The molecule has 1 aliphatic heterocycles. The van der Waals surface area contributed by atoms with Gasteiger partial charge in [-0.05, 0) is 55.4 Å². The van der Waals surface area contributed by atoms with Crippen LogP contribution in [0.15, 0.2) is 24.4 Å². The summed E-state index contributed by atoms with van der Waals surface area (Å²) in [5.41, 5.74) is 1.40. The van der Waals surface area contributed by atoms with Crippen LogP contribution in [0.3, 0.4) is 0 Å². The van der Waals surface area contributed by atoms with Crippen LogP contribution in [0.2, 0.25) is 0 Å². The molecule has 5 nitrogen and oxygen atoms in total. The Morgan fingerprint density at radius 1 is 1.22 bits per heavy atom. The Morgan fingerprint density at radius 3 is 2.53 bits per heavy atom. The average molecular weight is 449 g/mol. The molecule has 3 heterocycles. The van der Waals surface area contributed by atoms with E-state index in [2.05, 4.69) is 16.8 Å². The van der Waals surface area contributed by atoms with E-state index in [4.69, 9.17) is 4.98 Å². The molecule has 1 fully saturated rings. The van der Waals surface area contributed by atoms with Crippen molar-refractivity contribution < 1.29 is 18.0 Å². The summed E-state index contributed by atoms with van der Waals surface area (Å²) in [5, 5.41) is 0. The van der Waals surface area contributed by atoms with Crippen LogP contribution in [-0.4, -0.2) is 42.9 Å². The molecule has 2 aromatic heterocycles. The fraction of sp³-hybridized carbons (Fsp3) is 0.542. The zero-order chi connectivity index (χ0) is 23.5. The number of carbonyl (C=O) groups is 1. The van der Waals surface area contributed by atoms with Crippen LogP contribution in [0.5, 0.6) is 0 Å². The second kappa shape index (κ2) is 9.88. The van der Waals surface area contributed by atoms with E-state index in [1.54, 1.807) is 0 Å². The normalized spacial score (nSPS) is 15.2. The summed E-state index contributed by atoms with van der Waals surface area (Å²) in [4.78, 5) is 24.9. The Balaban J connectivity index is 1.69. The van der Waals surface area contributed by atoms with Crippen molar-refractivity contribution in [1.29, 1.82) is 0 Å². The van der Waals surface area contributed by atoms with Crippen LogP contribution >= 0.6 is 0 Å². The maximum atomic E-state index is 13.4. The van der Waals surface area contributed by atoms with Gasteiger partial charge in [-0.1, -0.05) is 13.0 Å². The van der Waals surface area contributed by atoms with Gasteiger partial charge in [0.2, 0.25) is 0 Å². The number of hydrogen-bond acceptors (Lipinski definition) is 5. The number of aromatic nitrogens is 2. The topological polar surface area (TPSA) is 49.3 Å². The summed E-state index contributed by atoms with van der Waals surface area (Å²) in [6.07, 6.45) is -0.242. The molecule has 0 aromatic carbocycles. The number of rotatable bonds is 7. The highest BCUT2D eigenvalue weighted by atomic mass is 19.4. The predicted octanol–water partition coefficient (Wildman–Crippen LogP) is 4.85. The Hall–Kier alpha value is -2.64. The number of carbonyl (C=O) groups excluding carboxylic acids is 1. The Kier molecular flexibility index (Phi) is 7.41. The highest BCUT2D eigenvalue weighted by Crippen LogP contribution is 2.35. The van der Waals surface area contributed by atoms with Crippen molar-refractivity contribution >= 4 is 17.4 Å². The maximum absolute atomic E-state index is 13.4. The Morgan fingerprint density at radius 2 is 1.91 bits per heavy atom. The third kappa shape index (κ3) is 5.99. The van der Waals surface area contributed by atoms with Gasteiger partial charge >= 0.3 is 6.18 Å². The zero-order valence-corrected chi connectivity index (χ0v) is 19.2. The second-order valence-electron chi connectivity index (χ2n) is 8.93. The molecule has 1 aliphatic rings. The van der Waals surface area contributed by atoms with Crippen molar-refractivity contribution in [2.75, 3.05) is 37.0 Å². The summed E-state index contributed by atoms with van der Waals surface area (Å²) < 4.78 is 40.2. The molecule has 2 aromatic rings. The lowest BCUT2D eigenvalue weighted by Crippen LogP contribution is -2.34. The minimum atomic E-state index is -4.53. The molecule has 32 heavy (non-hydrogen) atoms. The van der Waals surface area contributed by atoms with E-state index in [0.717, 1.165) is 49.1 Å². The molecule has 0 amide bonds. The fourth-order valence-corrected chi connectivity index (χ4v) is 4.01. The van der Waals surface area contributed by atoms with Gasteiger partial charge in [-0.2, -0.15) is 13.2 Å². The number of piperidine rings is 1. The van der Waals surface area contributed by atoms with E-state index in [-0.39, 0.29) is 30.0 Å². The SMILES string of the molecule is Cc1ccc(CCC(=O)Cc2cnc(N(C)C)c(C(F)(F)F)c2)c(N2CCC(C)CC2)n1. The molecule has 8 heteroatoms. The second-order valence-corrected chi connectivity index (χ2v) is 8.93. The molecule has 0 spiro atoms. The zero-order valence-electron chi connectivity index (χ0n) is 19.2. The number of hydrogen-bond donors (Lipinski definition) is 0. The number of pyridine rings is 2. The van der Waals surface area contributed by atoms with Crippen LogP contribution in [0.1, 0.15) is 48.6 Å². The van der Waals surface area contributed by atoms with E-state index in [1.807, 2.05) is 19.1 Å². The first-order valence-corrected chi connectivity index (χ1v) is 11.0. The number of anilines is 2. The lowest BCUT2D eigenvalue weighted by atomic mass is 9.98. The molecule has 0 N–H and O–H groups in total. The summed E-state index contributed by atoms with van der Waals surface area (Å²) >= 11 is 0. The summed E-state index contributed by atoms with van der Waals surface area (Å²) in [6, 6.07) is 4.99. The third-order valence-corrected chi connectivity index (χ3v) is 5.91. The van der Waals surface area contributed by atoms with Crippen LogP contribution in [0.4, 0.5) is 24.8 Å². The maximum Gasteiger partial charge on any atom is 0.419 e. The first-order valence-electron chi connectivity index (χ1n) is 11.0. The number of ketones is 1. The van der Waals surface area contributed by atoms with Crippen molar-refractivity contribution in [2.45, 2.75) is 52.1 Å². The van der Waals surface area contributed by atoms with Gasteiger partial charge in [-0.25, -0.2) is 9.97 Å². The van der Waals surface area contributed by atoms with Crippen LogP contribution < -0.4 is 9.80 Å². The van der Waals surface area contributed by atoms with Gasteiger partial charge in [0.1, 0.15) is 17.4 Å². The van der Waals surface area contributed by atoms with Crippen molar-refractivity contribution in [3.63, 3.8) is 0 Å². The van der Waals surface area contributed by atoms with Gasteiger partial charge in [-0.3, -0.25) is 4.79 Å². The number of aryl methyl sites for hydroxylation is 2. The highest BCUT2D eigenvalue weighted by molar-refractivity contribution is 5.81. The standard InChI is InChI=1S/C24H31F3N4O/c1-16-9-11-31(12-10-16)22-19(6-5-17(2)29-22)7-8-20(32)13-18-14-21(24(25,26)27)23(28-15-18)30(3)4/h5-6,14-16H,7-13H2,1-4H3. The monoisotopic (exact) mass is 448 g/mol. The Bertz CT molecular complexity index is 951. The molecule has 0 aliphatic carbocycles. The number of nitrogens with zero attached hydrogens (tertiary/aromatic N) is 4. The molecule has 1 saturated heterocycles. The first kappa shape index (κ1) is 24.0. The van der Waals surface area contributed by atoms with Gasteiger partial charge in [0.25, 0.3) is 0 Å². The fourth-order valence-electron chi connectivity index (χ4n) is 4.01. The van der Waals surface area contributed by atoms with Gasteiger partial charge in [0.15, 0.2) is 0 Å². The van der Waals surface area contributed by atoms with Crippen molar-refractivity contribution in [2.24, 2.45) is 5.92 Å². The van der Waals surface area contributed by atoms with Gasteiger partial charge in [-0.15, -0.1) is 0 Å². The average Bonchev–Trinajstić information content (AvgIpc) is 2.72. The molecular weight excluding hydrogens is 417 g/mol. The minimum Gasteiger partial charge on any atom is -0.362 e. The number of Topliss-reactive ketones (excluding diaryl/α,β-unsaturated/α-hetero) is 1. The lowest BCUT2D eigenvalue weighted by molar-refractivity contribution is -0.137. The third-order valence-electron chi connectivity index (χ3n) is 5.91. The molecule has 0 radical (unpaired) electrons. The molecule has 174 valence electrons. The lowest BCUT2D eigenvalue weighted by Gasteiger charge is -2.32. The molecule has 0 unspecified atom stereocenters. The van der Waals surface area contributed by atoms with E-state index >= 15 is 0 Å². The van der Waals surface area contributed by atoms with Crippen LogP contribution in [-0.2, 0) is 23.8 Å². The van der Waals surface area contributed by atoms with Crippen LogP contribution in [0, 0.1) is 12.8 Å². The van der Waals surface area contributed by atoms with Gasteiger partial charge in [0.05, 0.1) is 5.56 Å². The minimum absolute atomic E-state index is 0.0698. The number of alkyl halides is 3. The van der Waals surface area contributed by atoms with E-state index in [0.29, 0.717) is 12.3 Å². The van der Waals surface area contributed by atoms with Crippen molar-refractivity contribution in [3.8, 4) is 0 Å². The van der Waals surface area contributed by atoms with E-state index in [1.165, 1.54) is 25.2 Å². The van der Waals surface area contributed by atoms with Crippen molar-refractivity contribution in [3.05, 3.63) is 46.8 Å². The van der Waals surface area contributed by atoms with Crippen molar-refractivity contribution in [1.82, 2.24) is 9.97 Å². The number of halogens is 3. The summed E-state index contributed by atoms with van der Waals surface area (Å²) in [7, 11) is 3.02. The van der Waals surface area contributed by atoms with Gasteiger partial charge in [0, 0.05) is 51.9 Å². The molecule has 0 bridgehead atoms. The van der Waals surface area contributed by atoms with E-state index < -0.39 is 11.7 Å². The molecule has 3 rings (SSSR count).